The van der Waals surface area contributed by atoms with Gasteiger partial charge < -0.3 is 16.0 Å². The van der Waals surface area contributed by atoms with Crippen LogP contribution in [0.25, 0.3) is 0 Å². The van der Waals surface area contributed by atoms with Gasteiger partial charge in [0.05, 0.1) is 16.1 Å². The lowest BCUT2D eigenvalue weighted by molar-refractivity contribution is 0.0963. The maximum absolute atomic E-state index is 13.8. The van der Waals surface area contributed by atoms with Gasteiger partial charge in [0, 0.05) is 12.7 Å². The van der Waals surface area contributed by atoms with Crippen LogP contribution in [0.2, 0.25) is 5.02 Å². The Balaban J connectivity index is 1.81. The second-order valence-corrected chi connectivity index (χ2v) is 7.41. The molecule has 2 aromatic carbocycles. The van der Waals surface area contributed by atoms with Crippen molar-refractivity contribution < 1.29 is 14.0 Å². The number of anilines is 1. The molecule has 0 spiro atoms. The topological polar surface area (TPSA) is 70.2 Å². The van der Waals surface area contributed by atoms with E-state index in [9.17, 15) is 14.0 Å². The average molecular weight is 404 g/mol. The van der Waals surface area contributed by atoms with Crippen molar-refractivity contribution in [1.29, 1.82) is 0 Å². The van der Waals surface area contributed by atoms with Gasteiger partial charge in [-0.2, -0.15) is 0 Å². The number of amides is 3. The van der Waals surface area contributed by atoms with E-state index in [4.69, 9.17) is 11.6 Å². The highest BCUT2D eigenvalue weighted by atomic mass is 35.5. The average Bonchev–Trinajstić information content (AvgIpc) is 2.69. The van der Waals surface area contributed by atoms with E-state index < -0.39 is 11.6 Å². The minimum Gasteiger partial charge on any atom is -0.355 e. The highest BCUT2D eigenvalue weighted by Crippen LogP contribution is 2.37. The Morgan fingerprint density at radius 2 is 1.82 bits per heavy atom. The number of halogens is 2. The van der Waals surface area contributed by atoms with Gasteiger partial charge in [0.1, 0.15) is 5.82 Å². The van der Waals surface area contributed by atoms with Crippen LogP contribution in [-0.4, -0.2) is 19.0 Å². The summed E-state index contributed by atoms with van der Waals surface area (Å²) in [5.74, 6) is -0.657. The van der Waals surface area contributed by atoms with E-state index >= 15 is 0 Å². The van der Waals surface area contributed by atoms with Crippen LogP contribution in [0.5, 0.6) is 0 Å². The number of carbonyl (C=O) groups is 2. The van der Waals surface area contributed by atoms with Crippen LogP contribution >= 0.6 is 11.6 Å². The van der Waals surface area contributed by atoms with Crippen LogP contribution in [0.1, 0.15) is 48.0 Å². The molecule has 0 atom stereocenters. The van der Waals surface area contributed by atoms with Crippen LogP contribution in [0, 0.1) is 5.82 Å². The van der Waals surface area contributed by atoms with Crippen molar-refractivity contribution in [2.24, 2.45) is 0 Å². The van der Waals surface area contributed by atoms with Gasteiger partial charge in [-0.25, -0.2) is 9.18 Å². The lowest BCUT2D eigenvalue weighted by Crippen LogP contribution is -2.49. The van der Waals surface area contributed by atoms with Crippen molar-refractivity contribution in [3.8, 4) is 0 Å². The van der Waals surface area contributed by atoms with Gasteiger partial charge in [-0.05, 0) is 48.7 Å². The standard InChI is InChI=1S/C21H23ClFN3O2/c1-24-19(27)17-13-16(8-9-18(17)22)25-20(28)26-21(10-3-2-4-11-21)14-6-5-7-15(23)12-14/h5-9,12-13H,2-4,10-11H2,1H3,(H,24,27)(H2,25,26,28). The number of benzene rings is 2. The molecule has 3 N–H and O–H groups in total. The zero-order valence-electron chi connectivity index (χ0n) is 15.6. The van der Waals surface area contributed by atoms with Crippen molar-refractivity contribution >= 4 is 29.2 Å². The molecule has 0 aliphatic heterocycles. The number of rotatable bonds is 4. The molecule has 1 saturated carbocycles. The molecule has 2 aromatic rings. The first-order valence-electron chi connectivity index (χ1n) is 9.30. The summed E-state index contributed by atoms with van der Waals surface area (Å²) in [6, 6.07) is 10.7. The van der Waals surface area contributed by atoms with Crippen LogP contribution in [0.4, 0.5) is 14.9 Å². The van der Waals surface area contributed by atoms with Crippen LogP contribution in [0.3, 0.4) is 0 Å². The summed E-state index contributed by atoms with van der Waals surface area (Å²) >= 11 is 6.05. The number of urea groups is 1. The van der Waals surface area contributed by atoms with Crippen LogP contribution in [0.15, 0.2) is 42.5 Å². The van der Waals surface area contributed by atoms with Crippen LogP contribution in [-0.2, 0) is 5.54 Å². The predicted molar refractivity (Wildman–Crippen MR) is 108 cm³/mol. The molecule has 1 aliphatic carbocycles. The van der Waals surface area contributed by atoms with Crippen LogP contribution < -0.4 is 16.0 Å². The molecule has 7 heteroatoms. The highest BCUT2D eigenvalue weighted by molar-refractivity contribution is 6.34. The van der Waals surface area contributed by atoms with Crippen molar-refractivity contribution in [2.75, 3.05) is 12.4 Å². The number of hydrogen-bond donors (Lipinski definition) is 3. The van der Waals surface area contributed by atoms with Gasteiger partial charge in [-0.1, -0.05) is 43.0 Å². The van der Waals surface area contributed by atoms with Crippen molar-refractivity contribution in [3.63, 3.8) is 0 Å². The van der Waals surface area contributed by atoms with E-state index in [-0.39, 0.29) is 17.3 Å². The van der Waals surface area contributed by atoms with E-state index in [0.717, 1.165) is 37.7 Å². The van der Waals surface area contributed by atoms with Crippen molar-refractivity contribution in [2.45, 2.75) is 37.6 Å². The van der Waals surface area contributed by atoms with E-state index in [2.05, 4.69) is 16.0 Å². The SMILES string of the molecule is CNC(=O)c1cc(NC(=O)NC2(c3cccc(F)c3)CCCCC2)ccc1Cl. The minimum absolute atomic E-state index is 0.277. The van der Waals surface area contributed by atoms with Crippen molar-refractivity contribution in [1.82, 2.24) is 10.6 Å². The number of hydrogen-bond acceptors (Lipinski definition) is 2. The van der Waals surface area contributed by atoms with E-state index in [0.29, 0.717) is 10.7 Å². The van der Waals surface area contributed by atoms with E-state index in [1.54, 1.807) is 18.2 Å². The largest absolute Gasteiger partial charge is 0.355 e. The maximum Gasteiger partial charge on any atom is 0.319 e. The van der Waals surface area contributed by atoms with Gasteiger partial charge in [-0.3, -0.25) is 4.79 Å². The number of nitrogens with one attached hydrogen (secondary N) is 3. The smallest absolute Gasteiger partial charge is 0.319 e. The first kappa shape index (κ1) is 20.1. The summed E-state index contributed by atoms with van der Waals surface area (Å²) in [7, 11) is 1.51. The zero-order valence-corrected chi connectivity index (χ0v) is 16.4. The summed E-state index contributed by atoms with van der Waals surface area (Å²) < 4.78 is 13.8. The minimum atomic E-state index is -0.611. The fourth-order valence-electron chi connectivity index (χ4n) is 3.72. The normalized spacial score (nSPS) is 15.5. The third-order valence-electron chi connectivity index (χ3n) is 5.13. The monoisotopic (exact) mass is 403 g/mol. The summed E-state index contributed by atoms with van der Waals surface area (Å²) in [6.07, 6.45) is 4.49. The molecule has 0 bridgehead atoms. The lowest BCUT2D eigenvalue weighted by atomic mass is 9.76. The Labute approximate surface area is 168 Å². The third-order valence-corrected chi connectivity index (χ3v) is 5.46. The molecule has 5 nitrogen and oxygen atoms in total. The zero-order chi connectivity index (χ0) is 20.1. The Morgan fingerprint density at radius 1 is 1.07 bits per heavy atom. The molecule has 0 unspecified atom stereocenters. The Hall–Kier alpha value is -2.60. The Kier molecular flexibility index (Phi) is 6.19. The molecule has 0 radical (unpaired) electrons. The Bertz CT molecular complexity index is 882. The molecule has 1 aliphatic rings. The van der Waals surface area contributed by atoms with Gasteiger partial charge in [-0.15, -0.1) is 0 Å². The predicted octanol–water partition coefficient (Wildman–Crippen LogP) is 4.82. The first-order valence-corrected chi connectivity index (χ1v) is 9.68. The number of carbonyl (C=O) groups excluding carboxylic acids is 2. The van der Waals surface area contributed by atoms with Gasteiger partial charge in [0.2, 0.25) is 0 Å². The summed E-state index contributed by atoms with van der Waals surface area (Å²) in [5, 5.41) is 8.63. The summed E-state index contributed by atoms with van der Waals surface area (Å²) in [6.45, 7) is 0. The fraction of sp³-hybridized carbons (Fsp3) is 0.333. The fourth-order valence-corrected chi connectivity index (χ4v) is 3.92. The summed E-state index contributed by atoms with van der Waals surface area (Å²) in [4.78, 5) is 24.6. The molecule has 1 fully saturated rings. The van der Waals surface area contributed by atoms with Gasteiger partial charge >= 0.3 is 6.03 Å². The quantitative estimate of drug-likeness (QED) is 0.684. The van der Waals surface area contributed by atoms with Gasteiger partial charge in [0.25, 0.3) is 5.91 Å². The molecule has 0 saturated heterocycles. The lowest BCUT2D eigenvalue weighted by Gasteiger charge is -2.38. The van der Waals surface area contributed by atoms with E-state index in [1.165, 1.54) is 25.2 Å². The second-order valence-electron chi connectivity index (χ2n) is 7.01. The third kappa shape index (κ3) is 4.44. The molecular formula is C21H23ClFN3O2. The molecule has 0 aromatic heterocycles. The van der Waals surface area contributed by atoms with E-state index in [1.807, 2.05) is 6.07 Å². The maximum atomic E-state index is 13.8. The molecule has 148 valence electrons. The molecule has 28 heavy (non-hydrogen) atoms. The summed E-state index contributed by atoms with van der Waals surface area (Å²) in [5.41, 5.74) is 0.884. The molecular weight excluding hydrogens is 381 g/mol. The second kappa shape index (κ2) is 8.61. The van der Waals surface area contributed by atoms with Gasteiger partial charge in [0.15, 0.2) is 0 Å². The molecule has 3 amide bonds. The molecule has 0 heterocycles. The molecule has 3 rings (SSSR count). The first-order chi connectivity index (χ1) is 13.4. The van der Waals surface area contributed by atoms with Crippen molar-refractivity contribution in [3.05, 3.63) is 64.4 Å². The Morgan fingerprint density at radius 3 is 2.50 bits per heavy atom. The highest BCUT2D eigenvalue weighted by Gasteiger charge is 2.35.